The predicted molar refractivity (Wildman–Crippen MR) is 84.0 cm³/mol. The molecule has 0 aliphatic carbocycles. The van der Waals surface area contributed by atoms with E-state index in [2.05, 4.69) is 36.9 Å². The molecule has 1 N–H and O–H groups in total. The molecule has 3 nitrogen and oxygen atoms in total. The maximum Gasteiger partial charge on any atom is 0.120 e. The number of benzene rings is 1. The molecule has 0 radical (unpaired) electrons. The number of likely N-dealkylation sites (tertiary alicyclic amines) is 1. The second-order valence-corrected chi connectivity index (χ2v) is 6.22. The summed E-state index contributed by atoms with van der Waals surface area (Å²) in [4.78, 5) is 4.84. The van der Waals surface area contributed by atoms with Gasteiger partial charge in [0.05, 0.1) is 0 Å². The molecule has 1 aromatic rings. The average Bonchev–Trinajstić information content (AvgIpc) is 2.43. The quantitative estimate of drug-likeness (QED) is 0.895. The first-order valence-corrected chi connectivity index (χ1v) is 7.78. The lowest BCUT2D eigenvalue weighted by Crippen LogP contribution is -2.39. The van der Waals surface area contributed by atoms with Crippen LogP contribution in [0.4, 0.5) is 0 Å². The van der Waals surface area contributed by atoms with Gasteiger partial charge in [0, 0.05) is 18.2 Å². The number of piperidine rings is 1. The first kappa shape index (κ1) is 15.3. The molecule has 1 saturated heterocycles. The van der Waals surface area contributed by atoms with Crippen LogP contribution in [-0.2, 0) is 0 Å². The highest BCUT2D eigenvalue weighted by Gasteiger charge is 2.26. The zero-order valence-electron chi connectivity index (χ0n) is 13.0. The number of hydrogen-bond donors (Lipinski definition) is 1. The van der Waals surface area contributed by atoms with Crippen LogP contribution in [0.15, 0.2) is 24.3 Å². The summed E-state index contributed by atoms with van der Waals surface area (Å²) in [5.41, 5.74) is 1.08. The summed E-state index contributed by atoms with van der Waals surface area (Å²) in [5, 5.41) is 10.1. The van der Waals surface area contributed by atoms with Crippen molar-refractivity contribution in [3.63, 3.8) is 0 Å². The maximum absolute atomic E-state index is 10.1. The van der Waals surface area contributed by atoms with Crippen molar-refractivity contribution in [1.29, 1.82) is 0 Å². The summed E-state index contributed by atoms with van der Waals surface area (Å²) < 4.78 is 0. The van der Waals surface area contributed by atoms with Crippen LogP contribution in [0.25, 0.3) is 0 Å². The third-order valence-corrected chi connectivity index (χ3v) is 4.40. The minimum Gasteiger partial charge on any atom is -0.508 e. The van der Waals surface area contributed by atoms with E-state index in [0.29, 0.717) is 11.8 Å². The van der Waals surface area contributed by atoms with E-state index in [-0.39, 0.29) is 0 Å². The molecule has 1 atom stereocenters. The molecule has 0 spiro atoms. The lowest BCUT2D eigenvalue weighted by atomic mass is 9.93. The Hall–Kier alpha value is -1.06. The summed E-state index contributed by atoms with van der Waals surface area (Å²) in [6.45, 7) is 5.70. The average molecular weight is 276 g/mol. The van der Waals surface area contributed by atoms with Crippen molar-refractivity contribution in [2.45, 2.75) is 32.2 Å². The Morgan fingerprint density at radius 1 is 1.25 bits per heavy atom. The van der Waals surface area contributed by atoms with Crippen molar-refractivity contribution in [3.05, 3.63) is 29.8 Å². The molecule has 1 aliphatic heterocycles. The van der Waals surface area contributed by atoms with Crippen LogP contribution < -0.4 is 0 Å². The summed E-state index contributed by atoms with van der Waals surface area (Å²) in [7, 11) is 4.31. The van der Waals surface area contributed by atoms with Gasteiger partial charge in [-0.25, -0.2) is 0 Å². The van der Waals surface area contributed by atoms with Crippen LogP contribution >= 0.6 is 0 Å². The molecule has 3 heteroatoms. The Morgan fingerprint density at radius 2 is 1.90 bits per heavy atom. The Bertz CT molecular complexity index is 411. The zero-order chi connectivity index (χ0) is 14.5. The Labute approximate surface area is 123 Å². The van der Waals surface area contributed by atoms with E-state index in [9.17, 15) is 5.11 Å². The number of aromatic hydroxyl groups is 1. The van der Waals surface area contributed by atoms with Crippen LogP contribution in [0.5, 0.6) is 5.75 Å². The molecule has 2 rings (SSSR count). The highest BCUT2D eigenvalue weighted by molar-refractivity contribution is 5.34. The fourth-order valence-corrected chi connectivity index (χ4v) is 3.41. The van der Waals surface area contributed by atoms with Crippen LogP contribution in [0, 0.1) is 5.92 Å². The van der Waals surface area contributed by atoms with Crippen molar-refractivity contribution in [1.82, 2.24) is 9.80 Å². The number of phenolic OH excluding ortho intramolecular Hbond substituents is 1. The normalized spacial score (nSPS) is 19.4. The van der Waals surface area contributed by atoms with E-state index in [0.717, 1.165) is 31.0 Å². The number of para-hydroxylation sites is 1. The molecule has 112 valence electrons. The standard InChI is InChI=1S/C17H28N2O/c1-4-16(15-7-5-6-8-17(15)20)19-11-9-14(10-12-19)13-18(2)3/h5-8,14,16,20H,4,9-13H2,1-3H3. The number of phenols is 1. The van der Waals surface area contributed by atoms with E-state index >= 15 is 0 Å². The summed E-state index contributed by atoms with van der Waals surface area (Å²) in [6.07, 6.45) is 3.58. The molecule has 0 bridgehead atoms. The van der Waals surface area contributed by atoms with Gasteiger partial charge in [0.2, 0.25) is 0 Å². The van der Waals surface area contributed by atoms with E-state index in [1.165, 1.54) is 19.4 Å². The second kappa shape index (κ2) is 7.09. The lowest BCUT2D eigenvalue weighted by molar-refractivity contribution is 0.115. The van der Waals surface area contributed by atoms with Crippen LogP contribution in [-0.4, -0.2) is 48.6 Å². The smallest absolute Gasteiger partial charge is 0.120 e. The SMILES string of the molecule is CCC(c1ccccc1O)N1CCC(CN(C)C)CC1. The highest BCUT2D eigenvalue weighted by atomic mass is 16.3. The van der Waals surface area contributed by atoms with Crippen molar-refractivity contribution >= 4 is 0 Å². The molecular formula is C17H28N2O. The summed E-state index contributed by atoms with van der Waals surface area (Å²) >= 11 is 0. The third-order valence-electron chi connectivity index (χ3n) is 4.40. The van der Waals surface area contributed by atoms with Gasteiger partial charge in [0.15, 0.2) is 0 Å². The van der Waals surface area contributed by atoms with Gasteiger partial charge in [-0.1, -0.05) is 25.1 Å². The van der Waals surface area contributed by atoms with Crippen LogP contribution in [0.1, 0.15) is 37.8 Å². The summed E-state index contributed by atoms with van der Waals surface area (Å²) in [5.74, 6) is 1.26. The van der Waals surface area contributed by atoms with Gasteiger partial charge in [-0.05, 0) is 58.4 Å². The van der Waals surface area contributed by atoms with Gasteiger partial charge < -0.3 is 10.0 Å². The summed E-state index contributed by atoms with van der Waals surface area (Å²) in [6, 6.07) is 8.15. The van der Waals surface area contributed by atoms with Crippen LogP contribution in [0.3, 0.4) is 0 Å². The topological polar surface area (TPSA) is 26.7 Å². The Morgan fingerprint density at radius 3 is 2.45 bits per heavy atom. The zero-order valence-corrected chi connectivity index (χ0v) is 13.0. The number of hydrogen-bond acceptors (Lipinski definition) is 3. The van der Waals surface area contributed by atoms with E-state index < -0.39 is 0 Å². The first-order chi connectivity index (χ1) is 9.61. The Kier molecular flexibility index (Phi) is 5.44. The largest absolute Gasteiger partial charge is 0.508 e. The van der Waals surface area contributed by atoms with Gasteiger partial charge in [0.25, 0.3) is 0 Å². The number of rotatable bonds is 5. The van der Waals surface area contributed by atoms with Crippen LogP contribution in [0.2, 0.25) is 0 Å². The van der Waals surface area contributed by atoms with Crippen molar-refractivity contribution in [2.75, 3.05) is 33.7 Å². The molecular weight excluding hydrogens is 248 g/mol. The maximum atomic E-state index is 10.1. The molecule has 1 heterocycles. The lowest BCUT2D eigenvalue weighted by Gasteiger charge is -2.38. The minimum absolute atomic E-state index is 0.358. The van der Waals surface area contributed by atoms with Gasteiger partial charge >= 0.3 is 0 Å². The fourth-order valence-electron chi connectivity index (χ4n) is 3.41. The molecule has 0 amide bonds. The van der Waals surface area contributed by atoms with E-state index in [1.807, 2.05) is 12.1 Å². The Balaban J connectivity index is 1.99. The van der Waals surface area contributed by atoms with Crippen molar-refractivity contribution in [2.24, 2.45) is 5.92 Å². The highest BCUT2D eigenvalue weighted by Crippen LogP contribution is 2.33. The second-order valence-electron chi connectivity index (χ2n) is 6.22. The molecule has 1 aliphatic rings. The van der Waals surface area contributed by atoms with Gasteiger partial charge in [-0.2, -0.15) is 0 Å². The van der Waals surface area contributed by atoms with Gasteiger partial charge in [-0.3, -0.25) is 4.90 Å². The minimum atomic E-state index is 0.358. The first-order valence-electron chi connectivity index (χ1n) is 7.78. The van der Waals surface area contributed by atoms with E-state index in [1.54, 1.807) is 6.07 Å². The molecule has 1 unspecified atom stereocenters. The molecule has 0 aromatic heterocycles. The third kappa shape index (κ3) is 3.74. The number of nitrogens with zero attached hydrogens (tertiary/aromatic N) is 2. The molecule has 1 fully saturated rings. The fraction of sp³-hybridized carbons (Fsp3) is 0.647. The van der Waals surface area contributed by atoms with E-state index in [4.69, 9.17) is 0 Å². The predicted octanol–water partition coefficient (Wildman–Crippen LogP) is 3.12. The monoisotopic (exact) mass is 276 g/mol. The van der Waals surface area contributed by atoms with Crippen molar-refractivity contribution in [3.8, 4) is 5.75 Å². The molecule has 0 saturated carbocycles. The van der Waals surface area contributed by atoms with Gasteiger partial charge in [0.1, 0.15) is 5.75 Å². The van der Waals surface area contributed by atoms with Crippen molar-refractivity contribution < 1.29 is 5.11 Å². The van der Waals surface area contributed by atoms with Gasteiger partial charge in [-0.15, -0.1) is 0 Å². The molecule has 20 heavy (non-hydrogen) atoms. The molecule has 1 aromatic carbocycles.